The van der Waals surface area contributed by atoms with Crippen molar-refractivity contribution < 1.29 is 27.4 Å². The number of aromatic nitrogens is 4. The van der Waals surface area contributed by atoms with Gasteiger partial charge in [-0.1, -0.05) is 23.4 Å². The number of esters is 1. The number of fused-ring (bicyclic) bond motifs is 1. The van der Waals surface area contributed by atoms with Gasteiger partial charge in [-0.2, -0.15) is 13.2 Å². The SMILES string of the molecule is O=C(OCc1cn(-c2ccc(C(F)(F)F)cn2)nn1)C1COc2ccccc2C1. The molecule has 0 amide bonds. The molecule has 0 spiro atoms. The molecular weight excluding hydrogens is 389 g/mol. The van der Waals surface area contributed by atoms with Crippen molar-refractivity contribution >= 4 is 5.97 Å². The minimum Gasteiger partial charge on any atom is -0.492 e. The summed E-state index contributed by atoms with van der Waals surface area (Å²) in [7, 11) is 0. The molecule has 3 heterocycles. The van der Waals surface area contributed by atoms with Crippen LogP contribution >= 0.6 is 0 Å². The van der Waals surface area contributed by atoms with Crippen LogP contribution in [0.3, 0.4) is 0 Å². The first-order chi connectivity index (χ1) is 13.9. The smallest absolute Gasteiger partial charge is 0.417 e. The number of ether oxygens (including phenoxy) is 2. The first kappa shape index (κ1) is 18.9. The fourth-order valence-corrected chi connectivity index (χ4v) is 2.91. The number of alkyl halides is 3. The molecule has 0 saturated carbocycles. The summed E-state index contributed by atoms with van der Waals surface area (Å²) in [6.07, 6.45) is -1.78. The van der Waals surface area contributed by atoms with Crippen molar-refractivity contribution in [3.8, 4) is 11.6 Å². The van der Waals surface area contributed by atoms with E-state index in [-0.39, 0.29) is 19.0 Å². The molecule has 29 heavy (non-hydrogen) atoms. The fraction of sp³-hybridized carbons (Fsp3) is 0.263. The van der Waals surface area contributed by atoms with Crippen molar-refractivity contribution in [2.45, 2.75) is 19.2 Å². The van der Waals surface area contributed by atoms with Crippen LogP contribution in [0.15, 0.2) is 48.8 Å². The van der Waals surface area contributed by atoms with Gasteiger partial charge < -0.3 is 9.47 Å². The summed E-state index contributed by atoms with van der Waals surface area (Å²) in [5.41, 5.74) is 0.434. The number of nitrogens with zero attached hydrogens (tertiary/aromatic N) is 4. The van der Waals surface area contributed by atoms with Crippen molar-refractivity contribution in [1.82, 2.24) is 20.0 Å². The van der Waals surface area contributed by atoms with Crippen LogP contribution < -0.4 is 4.74 Å². The number of carbonyl (C=O) groups is 1. The van der Waals surface area contributed by atoms with E-state index in [4.69, 9.17) is 9.47 Å². The Morgan fingerprint density at radius 1 is 1.24 bits per heavy atom. The number of benzene rings is 1. The van der Waals surface area contributed by atoms with Crippen LogP contribution in [0, 0.1) is 5.92 Å². The summed E-state index contributed by atoms with van der Waals surface area (Å²) in [6, 6.07) is 9.59. The number of para-hydroxylation sites is 1. The molecule has 10 heteroatoms. The second-order valence-corrected chi connectivity index (χ2v) is 6.48. The highest BCUT2D eigenvalue weighted by atomic mass is 19.4. The number of hydrogen-bond acceptors (Lipinski definition) is 6. The van der Waals surface area contributed by atoms with Crippen molar-refractivity contribution in [3.05, 3.63) is 65.6 Å². The Morgan fingerprint density at radius 2 is 2.07 bits per heavy atom. The standard InChI is InChI=1S/C19H15F3N4O3/c20-19(21,22)14-5-6-17(23-8-14)26-9-15(24-25-26)11-29-18(27)13-7-12-3-1-2-4-16(12)28-10-13/h1-6,8-9,13H,7,10-11H2. The monoisotopic (exact) mass is 404 g/mol. The van der Waals surface area contributed by atoms with Crippen molar-refractivity contribution in [1.29, 1.82) is 0 Å². The molecule has 1 aliphatic heterocycles. The minimum atomic E-state index is -4.46. The number of halogens is 3. The molecule has 0 radical (unpaired) electrons. The second-order valence-electron chi connectivity index (χ2n) is 6.48. The lowest BCUT2D eigenvalue weighted by Gasteiger charge is -2.23. The first-order valence-electron chi connectivity index (χ1n) is 8.72. The highest BCUT2D eigenvalue weighted by molar-refractivity contribution is 5.73. The fourth-order valence-electron chi connectivity index (χ4n) is 2.91. The molecule has 1 unspecified atom stereocenters. The zero-order valence-electron chi connectivity index (χ0n) is 15.0. The van der Waals surface area contributed by atoms with Crippen LogP contribution in [0.25, 0.3) is 5.82 Å². The summed E-state index contributed by atoms with van der Waals surface area (Å²) < 4.78 is 49.9. The maximum Gasteiger partial charge on any atom is 0.417 e. The maximum atomic E-state index is 12.6. The lowest BCUT2D eigenvalue weighted by Crippen LogP contribution is -2.29. The lowest BCUT2D eigenvalue weighted by molar-refractivity contribution is -0.151. The van der Waals surface area contributed by atoms with E-state index in [1.807, 2.05) is 24.3 Å². The van der Waals surface area contributed by atoms with Gasteiger partial charge in [0.1, 0.15) is 24.7 Å². The van der Waals surface area contributed by atoms with Crippen LogP contribution in [0.5, 0.6) is 5.75 Å². The van der Waals surface area contributed by atoms with Gasteiger partial charge in [-0.15, -0.1) is 5.10 Å². The molecule has 0 aliphatic carbocycles. The third-order valence-corrected chi connectivity index (χ3v) is 4.43. The van der Waals surface area contributed by atoms with Crippen LogP contribution in [0.1, 0.15) is 16.8 Å². The third-order valence-electron chi connectivity index (χ3n) is 4.43. The normalized spacial score (nSPS) is 16.0. The Morgan fingerprint density at radius 3 is 2.83 bits per heavy atom. The molecule has 0 N–H and O–H groups in total. The van der Waals surface area contributed by atoms with Gasteiger partial charge in [0.25, 0.3) is 0 Å². The maximum absolute atomic E-state index is 12.6. The quantitative estimate of drug-likeness (QED) is 0.622. The van der Waals surface area contributed by atoms with Gasteiger partial charge in [0.05, 0.1) is 17.7 Å². The number of rotatable bonds is 4. The highest BCUT2D eigenvalue weighted by Crippen LogP contribution is 2.29. The Hall–Kier alpha value is -3.43. The van der Waals surface area contributed by atoms with E-state index in [2.05, 4.69) is 15.3 Å². The van der Waals surface area contributed by atoms with E-state index >= 15 is 0 Å². The third kappa shape index (κ3) is 4.20. The predicted octanol–water partition coefficient (Wildman–Crippen LogP) is 2.98. The van der Waals surface area contributed by atoms with Crippen LogP contribution in [-0.2, 0) is 28.7 Å². The molecule has 1 aliphatic rings. The predicted molar refractivity (Wildman–Crippen MR) is 93.1 cm³/mol. The van der Waals surface area contributed by atoms with Gasteiger partial charge in [0.15, 0.2) is 5.82 Å². The van der Waals surface area contributed by atoms with Crippen LogP contribution in [0.2, 0.25) is 0 Å². The first-order valence-corrected chi connectivity index (χ1v) is 8.72. The highest BCUT2D eigenvalue weighted by Gasteiger charge is 2.31. The summed E-state index contributed by atoms with van der Waals surface area (Å²) in [5, 5.41) is 7.66. The second kappa shape index (κ2) is 7.53. The molecule has 1 atom stereocenters. The van der Waals surface area contributed by atoms with Gasteiger partial charge in [0.2, 0.25) is 0 Å². The molecule has 2 aromatic heterocycles. The number of carbonyl (C=O) groups excluding carboxylic acids is 1. The molecule has 1 aromatic carbocycles. The Labute approximate surface area is 163 Å². The topological polar surface area (TPSA) is 79.1 Å². The molecule has 0 bridgehead atoms. The molecule has 0 fully saturated rings. The summed E-state index contributed by atoms with van der Waals surface area (Å²) in [4.78, 5) is 16.0. The van der Waals surface area contributed by atoms with E-state index in [1.54, 1.807) is 0 Å². The van der Waals surface area contributed by atoms with E-state index in [0.717, 1.165) is 23.6 Å². The Kier molecular flexibility index (Phi) is 4.91. The van der Waals surface area contributed by atoms with Crippen molar-refractivity contribution in [2.75, 3.05) is 6.61 Å². The molecule has 4 rings (SSSR count). The van der Waals surface area contributed by atoms with E-state index in [1.165, 1.54) is 16.9 Å². The molecule has 150 valence electrons. The van der Waals surface area contributed by atoms with Gasteiger partial charge in [-0.05, 0) is 30.2 Å². The van der Waals surface area contributed by atoms with Crippen LogP contribution in [-0.4, -0.2) is 32.6 Å². The van der Waals surface area contributed by atoms with Gasteiger partial charge in [-0.25, -0.2) is 9.67 Å². The van der Waals surface area contributed by atoms with Crippen molar-refractivity contribution in [3.63, 3.8) is 0 Å². The largest absolute Gasteiger partial charge is 0.492 e. The van der Waals surface area contributed by atoms with E-state index in [9.17, 15) is 18.0 Å². The van der Waals surface area contributed by atoms with E-state index < -0.39 is 23.6 Å². The van der Waals surface area contributed by atoms with Crippen LogP contribution in [0.4, 0.5) is 13.2 Å². The number of hydrogen-bond donors (Lipinski definition) is 0. The Bertz CT molecular complexity index is 1020. The van der Waals surface area contributed by atoms with Gasteiger partial charge >= 0.3 is 12.1 Å². The van der Waals surface area contributed by atoms with Gasteiger partial charge in [-0.3, -0.25) is 4.79 Å². The molecular formula is C19H15F3N4O3. The van der Waals surface area contributed by atoms with Gasteiger partial charge in [0, 0.05) is 6.20 Å². The summed E-state index contributed by atoms with van der Waals surface area (Å²) >= 11 is 0. The zero-order valence-corrected chi connectivity index (χ0v) is 15.0. The molecule has 0 saturated heterocycles. The minimum absolute atomic E-state index is 0.113. The molecule has 7 nitrogen and oxygen atoms in total. The summed E-state index contributed by atoms with van der Waals surface area (Å²) in [6.45, 7) is 0.121. The van der Waals surface area contributed by atoms with Crippen molar-refractivity contribution in [2.24, 2.45) is 5.92 Å². The zero-order chi connectivity index (χ0) is 20.4. The average molecular weight is 404 g/mol. The lowest BCUT2D eigenvalue weighted by atomic mass is 9.97. The number of pyridine rings is 1. The summed E-state index contributed by atoms with van der Waals surface area (Å²) in [5.74, 6) is 0.0992. The average Bonchev–Trinajstić information content (AvgIpc) is 3.20. The molecule has 3 aromatic rings. The Balaban J connectivity index is 1.36. The van der Waals surface area contributed by atoms with E-state index in [0.29, 0.717) is 12.1 Å².